The molecule has 0 aromatic carbocycles. The smallest absolute Gasteiger partial charge is 0.418 e. The van der Waals surface area contributed by atoms with E-state index in [0.717, 1.165) is 66.4 Å². The summed E-state index contributed by atoms with van der Waals surface area (Å²) >= 11 is 0. The van der Waals surface area contributed by atoms with Crippen LogP contribution in [0.3, 0.4) is 0 Å². The lowest BCUT2D eigenvalue weighted by molar-refractivity contribution is -0.136. The molecule has 4 aromatic rings. The van der Waals surface area contributed by atoms with Gasteiger partial charge in [0.15, 0.2) is 6.61 Å². The summed E-state index contributed by atoms with van der Waals surface area (Å²) < 4.78 is 78.4. The predicted molar refractivity (Wildman–Crippen MR) is 151 cm³/mol. The molecule has 0 radical (unpaired) electrons. The lowest BCUT2D eigenvalue weighted by Crippen LogP contribution is -2.34. The number of halogens is 5. The van der Waals surface area contributed by atoms with Crippen LogP contribution in [0.1, 0.15) is 67.5 Å². The number of imidazole rings is 1. The van der Waals surface area contributed by atoms with E-state index in [4.69, 9.17) is 4.74 Å². The molecular weight excluding hydrogens is 585 g/mol. The first-order valence-electron chi connectivity index (χ1n) is 14.8. The van der Waals surface area contributed by atoms with E-state index in [0.29, 0.717) is 22.9 Å². The van der Waals surface area contributed by atoms with E-state index in [2.05, 4.69) is 27.0 Å². The van der Waals surface area contributed by atoms with Gasteiger partial charge in [-0.25, -0.2) is 13.6 Å². The highest BCUT2D eigenvalue weighted by molar-refractivity contribution is 5.57. The van der Waals surface area contributed by atoms with Gasteiger partial charge in [0.2, 0.25) is 5.88 Å². The number of fused-ring (bicyclic) bond motifs is 1. The molecule has 2 aliphatic rings. The van der Waals surface area contributed by atoms with E-state index < -0.39 is 30.5 Å². The Morgan fingerprint density at radius 2 is 1.89 bits per heavy atom. The fraction of sp³-hybridized carbons (Fsp3) is 0.533. The normalized spacial score (nSPS) is 19.0. The van der Waals surface area contributed by atoms with Crippen molar-refractivity contribution in [1.29, 1.82) is 0 Å². The first-order chi connectivity index (χ1) is 21.0. The summed E-state index contributed by atoms with van der Waals surface area (Å²) in [4.78, 5) is 20.2. The monoisotopic (exact) mass is 619 g/mol. The van der Waals surface area contributed by atoms with Crippen LogP contribution in [0.25, 0.3) is 11.3 Å². The van der Waals surface area contributed by atoms with Crippen molar-refractivity contribution < 1.29 is 26.7 Å². The maximum atomic E-state index is 14.4. The van der Waals surface area contributed by atoms with Crippen LogP contribution < -0.4 is 10.4 Å². The van der Waals surface area contributed by atoms with Crippen molar-refractivity contribution in [2.24, 2.45) is 18.9 Å². The standard InChI is InChI=1S/C30H34F5N7O2/c1-18-5-4-8-40(12-18)13-19-9-22(30(33,34)35)23-15-42(29(43)41(23)14-19)25-10-21(11-26(37-25)44-16-24(31)32)27(20-6-3-7-20)28-38-36-17-39(28)2/h9-11,14-15,17-18,20,24,27H,3-8,12-13,16H2,1-2H3/t18-,27?/m0/s1. The lowest BCUT2D eigenvalue weighted by atomic mass is 9.72. The third kappa shape index (κ3) is 6.08. The minimum absolute atomic E-state index is 0.0357. The van der Waals surface area contributed by atoms with Crippen LogP contribution in [0.15, 0.2) is 41.7 Å². The molecule has 14 heteroatoms. The largest absolute Gasteiger partial charge is 0.472 e. The number of likely N-dealkylation sites (tertiary alicyclic amines) is 1. The van der Waals surface area contributed by atoms with E-state index in [1.54, 1.807) is 24.0 Å². The summed E-state index contributed by atoms with van der Waals surface area (Å²) in [7, 11) is 1.79. The van der Waals surface area contributed by atoms with Gasteiger partial charge in [0, 0.05) is 44.5 Å². The Morgan fingerprint density at radius 3 is 2.52 bits per heavy atom. The zero-order valence-corrected chi connectivity index (χ0v) is 24.5. The molecule has 236 valence electrons. The van der Waals surface area contributed by atoms with Crippen LogP contribution in [0.5, 0.6) is 5.88 Å². The Balaban J connectivity index is 1.48. The average Bonchev–Trinajstić information content (AvgIpc) is 3.51. The molecule has 2 fully saturated rings. The van der Waals surface area contributed by atoms with Gasteiger partial charge >= 0.3 is 11.9 Å². The Bertz CT molecular complexity index is 1690. The number of nitrogens with zero attached hydrogens (tertiary/aromatic N) is 7. The number of ether oxygens (including phenoxy) is 1. The molecule has 4 aromatic heterocycles. The van der Waals surface area contributed by atoms with Gasteiger partial charge in [-0.3, -0.25) is 13.9 Å². The van der Waals surface area contributed by atoms with Crippen LogP contribution in [0.4, 0.5) is 22.0 Å². The van der Waals surface area contributed by atoms with Gasteiger partial charge in [0.05, 0.1) is 11.1 Å². The zero-order chi connectivity index (χ0) is 31.2. The Kier molecular flexibility index (Phi) is 8.20. The summed E-state index contributed by atoms with van der Waals surface area (Å²) in [6.45, 7) is 2.99. The van der Waals surface area contributed by atoms with Crippen LogP contribution in [-0.2, 0) is 19.8 Å². The molecule has 2 atom stereocenters. The third-order valence-corrected chi connectivity index (χ3v) is 8.70. The van der Waals surface area contributed by atoms with Gasteiger partial charge in [0.1, 0.15) is 18.0 Å². The Morgan fingerprint density at radius 1 is 1.09 bits per heavy atom. The van der Waals surface area contributed by atoms with E-state index in [-0.39, 0.29) is 35.6 Å². The Labute approximate surface area is 250 Å². The summed E-state index contributed by atoms with van der Waals surface area (Å²) in [6.07, 6.45) is 1.42. The lowest BCUT2D eigenvalue weighted by Gasteiger charge is -2.33. The fourth-order valence-electron chi connectivity index (χ4n) is 6.43. The molecule has 44 heavy (non-hydrogen) atoms. The second-order valence-electron chi connectivity index (χ2n) is 12.0. The van der Waals surface area contributed by atoms with Gasteiger partial charge in [0.25, 0.3) is 6.43 Å². The molecule has 1 saturated heterocycles. The molecule has 0 N–H and O–H groups in total. The third-order valence-electron chi connectivity index (χ3n) is 8.70. The number of piperidine rings is 1. The number of aromatic nitrogens is 6. The molecule has 1 unspecified atom stereocenters. The Hall–Kier alpha value is -3.81. The van der Waals surface area contributed by atoms with E-state index in [1.165, 1.54) is 12.3 Å². The molecule has 0 bridgehead atoms. The summed E-state index contributed by atoms with van der Waals surface area (Å²) in [5, 5.41) is 8.28. The molecule has 1 saturated carbocycles. The van der Waals surface area contributed by atoms with E-state index in [9.17, 15) is 26.7 Å². The van der Waals surface area contributed by atoms with Crippen molar-refractivity contribution in [2.45, 2.75) is 64.1 Å². The summed E-state index contributed by atoms with van der Waals surface area (Å²) in [6, 6.07) is 4.22. The number of alkyl halides is 5. The first kappa shape index (κ1) is 30.2. The van der Waals surface area contributed by atoms with E-state index >= 15 is 0 Å². The fourth-order valence-corrected chi connectivity index (χ4v) is 6.43. The number of hydrogen-bond donors (Lipinski definition) is 0. The second kappa shape index (κ2) is 11.9. The first-order valence-corrected chi connectivity index (χ1v) is 14.8. The highest BCUT2D eigenvalue weighted by atomic mass is 19.4. The van der Waals surface area contributed by atoms with Gasteiger partial charge in [-0.2, -0.15) is 18.2 Å². The van der Waals surface area contributed by atoms with Crippen LogP contribution in [0, 0.1) is 11.8 Å². The second-order valence-corrected chi connectivity index (χ2v) is 12.0. The minimum atomic E-state index is -4.73. The number of aryl methyl sites for hydroxylation is 1. The predicted octanol–water partition coefficient (Wildman–Crippen LogP) is 5.44. The maximum absolute atomic E-state index is 14.4. The van der Waals surface area contributed by atoms with Crippen molar-refractivity contribution in [3.8, 4) is 11.7 Å². The van der Waals surface area contributed by atoms with Crippen molar-refractivity contribution in [2.75, 3.05) is 19.7 Å². The molecule has 0 amide bonds. The number of hydrogen-bond acceptors (Lipinski definition) is 6. The van der Waals surface area contributed by atoms with Crippen molar-refractivity contribution in [3.05, 3.63) is 69.9 Å². The summed E-state index contributed by atoms with van der Waals surface area (Å²) in [5.74, 6) is 0.719. The van der Waals surface area contributed by atoms with E-state index in [1.807, 2.05) is 0 Å². The highest BCUT2D eigenvalue weighted by Gasteiger charge is 2.36. The molecular formula is C30H34F5N7O2. The minimum Gasteiger partial charge on any atom is -0.472 e. The van der Waals surface area contributed by atoms with Crippen LogP contribution >= 0.6 is 0 Å². The van der Waals surface area contributed by atoms with Crippen LogP contribution in [0.2, 0.25) is 0 Å². The van der Waals surface area contributed by atoms with Crippen molar-refractivity contribution >= 4 is 5.52 Å². The van der Waals surface area contributed by atoms with Gasteiger partial charge < -0.3 is 9.30 Å². The van der Waals surface area contributed by atoms with Gasteiger partial charge in [-0.1, -0.05) is 13.3 Å². The number of rotatable bonds is 9. The van der Waals surface area contributed by atoms with Gasteiger partial charge in [-0.05, 0) is 67.3 Å². The highest BCUT2D eigenvalue weighted by Crippen LogP contribution is 2.43. The average molecular weight is 620 g/mol. The number of pyridine rings is 2. The molecule has 0 spiro atoms. The zero-order valence-electron chi connectivity index (χ0n) is 24.5. The molecule has 9 nitrogen and oxygen atoms in total. The molecule has 1 aliphatic carbocycles. The summed E-state index contributed by atoms with van der Waals surface area (Å²) in [5.41, 5.74) is -1.06. The van der Waals surface area contributed by atoms with Gasteiger partial charge in [-0.15, -0.1) is 10.2 Å². The van der Waals surface area contributed by atoms with Crippen molar-refractivity contribution in [3.63, 3.8) is 0 Å². The maximum Gasteiger partial charge on any atom is 0.418 e. The molecule has 6 rings (SSSR count). The topological polar surface area (TPSA) is 82.5 Å². The quantitative estimate of drug-likeness (QED) is 0.232. The van der Waals surface area contributed by atoms with Crippen molar-refractivity contribution in [1.82, 2.24) is 33.6 Å². The molecule has 5 heterocycles. The molecule has 1 aliphatic heterocycles. The van der Waals surface area contributed by atoms with Crippen LogP contribution in [-0.4, -0.2) is 59.7 Å². The SMILES string of the molecule is C[C@H]1CCCN(Cc2cc(C(F)(F)F)c3cn(-c4cc(C(c5nncn5C)C5CCC5)cc(OCC(F)F)n4)c(=O)n3c2)C1.